The predicted molar refractivity (Wildman–Crippen MR) is 76.2 cm³/mol. The van der Waals surface area contributed by atoms with Gasteiger partial charge >= 0.3 is 0 Å². The standard InChI is InChI=1S/C16H13FN2/c1-11-10-12-4-2-3-5-15(12)19-16(11)18-14-8-6-13(17)7-9-14/h2-10H,1H3,(H,18,19). The van der Waals surface area contributed by atoms with E-state index >= 15 is 0 Å². The van der Waals surface area contributed by atoms with Gasteiger partial charge < -0.3 is 5.32 Å². The maximum absolute atomic E-state index is 12.9. The number of halogens is 1. The van der Waals surface area contributed by atoms with E-state index in [2.05, 4.69) is 16.4 Å². The molecule has 1 heterocycles. The number of nitrogens with one attached hydrogen (secondary N) is 1. The number of hydrogen-bond acceptors (Lipinski definition) is 2. The maximum atomic E-state index is 12.9. The first-order valence-electron chi connectivity index (χ1n) is 6.11. The molecule has 0 spiro atoms. The first-order chi connectivity index (χ1) is 9.22. The molecule has 1 aromatic heterocycles. The van der Waals surface area contributed by atoms with Gasteiger partial charge in [-0.2, -0.15) is 0 Å². The lowest BCUT2D eigenvalue weighted by molar-refractivity contribution is 0.628. The van der Waals surface area contributed by atoms with Gasteiger partial charge in [-0.15, -0.1) is 0 Å². The summed E-state index contributed by atoms with van der Waals surface area (Å²) >= 11 is 0. The summed E-state index contributed by atoms with van der Waals surface area (Å²) in [7, 11) is 0. The Balaban J connectivity index is 2.00. The maximum Gasteiger partial charge on any atom is 0.134 e. The Labute approximate surface area is 110 Å². The lowest BCUT2D eigenvalue weighted by Gasteiger charge is -2.10. The van der Waals surface area contributed by atoms with E-state index in [4.69, 9.17) is 0 Å². The highest BCUT2D eigenvalue weighted by Crippen LogP contribution is 2.22. The average molecular weight is 252 g/mol. The summed E-state index contributed by atoms with van der Waals surface area (Å²) in [4.78, 5) is 4.59. The van der Waals surface area contributed by atoms with Crippen molar-refractivity contribution in [2.75, 3.05) is 5.32 Å². The number of aryl methyl sites for hydroxylation is 1. The smallest absolute Gasteiger partial charge is 0.134 e. The number of nitrogens with zero attached hydrogens (tertiary/aromatic N) is 1. The fourth-order valence-corrected chi connectivity index (χ4v) is 2.02. The summed E-state index contributed by atoms with van der Waals surface area (Å²) in [5.74, 6) is 0.555. The molecule has 19 heavy (non-hydrogen) atoms. The molecule has 2 nitrogen and oxygen atoms in total. The Morgan fingerprint density at radius 2 is 1.74 bits per heavy atom. The van der Waals surface area contributed by atoms with Crippen LogP contribution in [-0.2, 0) is 0 Å². The number of aromatic nitrogens is 1. The highest BCUT2D eigenvalue weighted by Gasteiger charge is 2.03. The first-order valence-corrected chi connectivity index (χ1v) is 6.11. The van der Waals surface area contributed by atoms with Crippen molar-refractivity contribution in [1.82, 2.24) is 4.98 Å². The van der Waals surface area contributed by atoms with Crippen molar-refractivity contribution in [1.29, 1.82) is 0 Å². The Bertz CT molecular complexity index is 720. The molecule has 0 atom stereocenters. The quantitative estimate of drug-likeness (QED) is 0.730. The zero-order chi connectivity index (χ0) is 13.2. The Morgan fingerprint density at radius 3 is 2.53 bits per heavy atom. The van der Waals surface area contributed by atoms with Crippen LogP contribution in [0.4, 0.5) is 15.9 Å². The van der Waals surface area contributed by atoms with Crippen molar-refractivity contribution < 1.29 is 4.39 Å². The molecule has 0 aliphatic heterocycles. The van der Waals surface area contributed by atoms with Crippen molar-refractivity contribution in [2.24, 2.45) is 0 Å². The molecule has 0 fully saturated rings. The van der Waals surface area contributed by atoms with Gasteiger partial charge in [0.25, 0.3) is 0 Å². The minimum absolute atomic E-state index is 0.242. The van der Waals surface area contributed by atoms with E-state index in [0.29, 0.717) is 0 Å². The van der Waals surface area contributed by atoms with Gasteiger partial charge in [0.1, 0.15) is 11.6 Å². The Kier molecular flexibility index (Phi) is 2.88. The van der Waals surface area contributed by atoms with E-state index in [1.807, 2.05) is 31.2 Å². The van der Waals surface area contributed by atoms with Gasteiger partial charge in [-0.05, 0) is 48.9 Å². The molecule has 0 unspecified atom stereocenters. The molecular formula is C16H13FN2. The third-order valence-corrected chi connectivity index (χ3v) is 3.02. The van der Waals surface area contributed by atoms with Crippen molar-refractivity contribution in [3.63, 3.8) is 0 Å². The average Bonchev–Trinajstić information content (AvgIpc) is 2.42. The monoisotopic (exact) mass is 252 g/mol. The van der Waals surface area contributed by atoms with E-state index < -0.39 is 0 Å². The van der Waals surface area contributed by atoms with Crippen molar-refractivity contribution >= 4 is 22.4 Å². The predicted octanol–water partition coefficient (Wildman–Crippen LogP) is 4.43. The summed E-state index contributed by atoms with van der Waals surface area (Å²) in [5, 5.41) is 4.33. The van der Waals surface area contributed by atoms with E-state index in [1.54, 1.807) is 12.1 Å². The van der Waals surface area contributed by atoms with Gasteiger partial charge in [0.2, 0.25) is 0 Å². The molecule has 3 aromatic rings. The van der Waals surface area contributed by atoms with Crippen molar-refractivity contribution in [2.45, 2.75) is 6.92 Å². The molecule has 0 radical (unpaired) electrons. The summed E-state index contributed by atoms with van der Waals surface area (Å²) in [6, 6.07) is 16.3. The molecule has 0 bridgehead atoms. The normalized spacial score (nSPS) is 10.6. The molecule has 1 N–H and O–H groups in total. The minimum atomic E-state index is -0.242. The van der Waals surface area contributed by atoms with Crippen LogP contribution in [0.2, 0.25) is 0 Å². The molecule has 0 saturated carbocycles. The second-order valence-corrected chi connectivity index (χ2v) is 4.48. The SMILES string of the molecule is Cc1cc2ccccc2nc1Nc1ccc(F)cc1. The highest BCUT2D eigenvalue weighted by molar-refractivity contribution is 5.82. The summed E-state index contributed by atoms with van der Waals surface area (Å²) in [6.07, 6.45) is 0. The number of rotatable bonds is 2. The fourth-order valence-electron chi connectivity index (χ4n) is 2.02. The molecule has 0 amide bonds. The van der Waals surface area contributed by atoms with Gasteiger partial charge in [-0.3, -0.25) is 0 Å². The molecule has 0 aliphatic carbocycles. The minimum Gasteiger partial charge on any atom is -0.340 e. The van der Waals surface area contributed by atoms with Gasteiger partial charge in [0.15, 0.2) is 0 Å². The van der Waals surface area contributed by atoms with Gasteiger partial charge in [-0.25, -0.2) is 9.37 Å². The lowest BCUT2D eigenvalue weighted by atomic mass is 10.1. The number of hydrogen-bond donors (Lipinski definition) is 1. The van der Waals surface area contributed by atoms with Crippen molar-refractivity contribution in [3.05, 3.63) is 66.0 Å². The molecule has 3 heteroatoms. The van der Waals surface area contributed by atoms with Crippen molar-refractivity contribution in [3.8, 4) is 0 Å². The number of benzene rings is 2. The topological polar surface area (TPSA) is 24.9 Å². The zero-order valence-electron chi connectivity index (χ0n) is 10.5. The van der Waals surface area contributed by atoms with Crippen LogP contribution in [0.1, 0.15) is 5.56 Å². The van der Waals surface area contributed by atoms with Crippen LogP contribution >= 0.6 is 0 Å². The second kappa shape index (κ2) is 4.69. The highest BCUT2D eigenvalue weighted by atomic mass is 19.1. The number of fused-ring (bicyclic) bond motifs is 1. The second-order valence-electron chi connectivity index (χ2n) is 4.48. The summed E-state index contributed by atoms with van der Waals surface area (Å²) in [6.45, 7) is 2.01. The molecular weight excluding hydrogens is 239 g/mol. The van der Waals surface area contributed by atoms with Gasteiger partial charge in [-0.1, -0.05) is 18.2 Å². The summed E-state index contributed by atoms with van der Waals surface area (Å²) in [5.41, 5.74) is 2.83. The number of pyridine rings is 1. The van der Waals surface area contributed by atoms with Crippen LogP contribution in [0.15, 0.2) is 54.6 Å². The van der Waals surface area contributed by atoms with E-state index in [1.165, 1.54) is 12.1 Å². The van der Waals surface area contributed by atoms with Crippen LogP contribution in [0.25, 0.3) is 10.9 Å². The third kappa shape index (κ3) is 2.40. The third-order valence-electron chi connectivity index (χ3n) is 3.02. The zero-order valence-corrected chi connectivity index (χ0v) is 10.5. The van der Waals surface area contributed by atoms with Crippen LogP contribution in [-0.4, -0.2) is 4.98 Å². The van der Waals surface area contributed by atoms with Crippen LogP contribution in [0.5, 0.6) is 0 Å². The fraction of sp³-hybridized carbons (Fsp3) is 0.0625. The lowest BCUT2D eigenvalue weighted by Crippen LogP contribution is -1.97. The van der Waals surface area contributed by atoms with E-state index in [-0.39, 0.29) is 5.82 Å². The number of para-hydroxylation sites is 1. The Hall–Kier alpha value is -2.42. The summed E-state index contributed by atoms with van der Waals surface area (Å²) < 4.78 is 12.9. The van der Waals surface area contributed by atoms with E-state index in [0.717, 1.165) is 28.0 Å². The van der Waals surface area contributed by atoms with Crippen LogP contribution in [0.3, 0.4) is 0 Å². The molecule has 0 saturated heterocycles. The van der Waals surface area contributed by atoms with Crippen LogP contribution in [0, 0.1) is 12.7 Å². The number of anilines is 2. The Morgan fingerprint density at radius 1 is 1.00 bits per heavy atom. The van der Waals surface area contributed by atoms with Gasteiger partial charge in [0, 0.05) is 11.1 Å². The van der Waals surface area contributed by atoms with Gasteiger partial charge in [0.05, 0.1) is 5.52 Å². The molecule has 2 aromatic carbocycles. The largest absolute Gasteiger partial charge is 0.340 e. The van der Waals surface area contributed by atoms with E-state index in [9.17, 15) is 4.39 Å². The molecule has 0 aliphatic rings. The molecule has 3 rings (SSSR count). The molecule has 94 valence electrons. The van der Waals surface area contributed by atoms with Crippen LogP contribution < -0.4 is 5.32 Å². The first kappa shape index (κ1) is 11.7.